The average molecular weight is 354 g/mol. The molecule has 2 aliphatic carbocycles. The predicted octanol–water partition coefficient (Wildman–Crippen LogP) is 4.04. The number of nitrogens with one attached hydrogen (secondary N) is 3. The summed E-state index contributed by atoms with van der Waals surface area (Å²) in [5.74, 6) is 0.170. The Morgan fingerprint density at radius 3 is 2.42 bits per heavy atom. The molecule has 0 bridgehead atoms. The normalized spacial score (nSPS) is 17.2. The molecule has 6 nitrogen and oxygen atoms in total. The fourth-order valence-electron chi connectivity index (χ4n) is 2.89. The summed E-state index contributed by atoms with van der Waals surface area (Å²) in [4.78, 5) is 11.9. The van der Waals surface area contributed by atoms with E-state index in [2.05, 4.69) is 5.32 Å². The standard InChI is InChI=1S/C13H18N2O2.C7H8N2/c14-11-7-6-10(8-12(11)16)15-13(17)9-4-2-1-3-5-9;1-5-2-3-6(8)7(9)4-5/h6-9,16H,1-5,14H2,(H,15,17);2-4,8-9H,1H3. The second-order valence-corrected chi connectivity index (χ2v) is 6.65. The highest BCUT2D eigenvalue weighted by Crippen LogP contribution is 2.27. The van der Waals surface area contributed by atoms with E-state index in [-0.39, 0.29) is 17.6 Å². The van der Waals surface area contributed by atoms with E-state index >= 15 is 0 Å². The molecule has 0 atom stereocenters. The summed E-state index contributed by atoms with van der Waals surface area (Å²) in [6.45, 7) is 1.91. The van der Waals surface area contributed by atoms with Gasteiger partial charge in [0.05, 0.1) is 17.1 Å². The number of hydrogen-bond acceptors (Lipinski definition) is 5. The highest BCUT2D eigenvalue weighted by molar-refractivity contribution is 6.49. The van der Waals surface area contributed by atoms with Crippen molar-refractivity contribution < 1.29 is 9.90 Å². The van der Waals surface area contributed by atoms with E-state index < -0.39 is 0 Å². The third kappa shape index (κ3) is 5.58. The smallest absolute Gasteiger partial charge is 0.227 e. The number of rotatable bonds is 2. The molecule has 26 heavy (non-hydrogen) atoms. The van der Waals surface area contributed by atoms with Gasteiger partial charge in [-0.2, -0.15) is 0 Å². The van der Waals surface area contributed by atoms with Crippen LogP contribution in [0.5, 0.6) is 5.75 Å². The number of benzene rings is 1. The van der Waals surface area contributed by atoms with E-state index in [4.69, 9.17) is 16.6 Å². The van der Waals surface area contributed by atoms with Gasteiger partial charge in [0.15, 0.2) is 0 Å². The number of nitrogen functional groups attached to an aromatic ring is 1. The van der Waals surface area contributed by atoms with E-state index in [1.54, 1.807) is 24.3 Å². The van der Waals surface area contributed by atoms with Gasteiger partial charge in [-0.05, 0) is 49.6 Å². The summed E-state index contributed by atoms with van der Waals surface area (Å²) in [6.07, 6.45) is 10.6. The second kappa shape index (κ2) is 8.99. The quantitative estimate of drug-likeness (QED) is 0.313. The van der Waals surface area contributed by atoms with Crippen molar-refractivity contribution in [1.29, 1.82) is 10.8 Å². The van der Waals surface area contributed by atoms with Crippen molar-refractivity contribution in [3.63, 3.8) is 0 Å². The summed E-state index contributed by atoms with van der Waals surface area (Å²) in [6, 6.07) is 4.78. The Hall–Kier alpha value is -2.89. The third-order valence-electron chi connectivity index (χ3n) is 4.45. The van der Waals surface area contributed by atoms with Crippen LogP contribution in [0.1, 0.15) is 39.0 Å². The van der Waals surface area contributed by atoms with Gasteiger partial charge in [0.25, 0.3) is 0 Å². The fourth-order valence-corrected chi connectivity index (χ4v) is 2.89. The number of aromatic hydroxyl groups is 1. The molecule has 1 amide bonds. The first kappa shape index (κ1) is 19.4. The molecule has 0 aliphatic heterocycles. The monoisotopic (exact) mass is 354 g/mol. The number of hydrogen-bond donors (Lipinski definition) is 5. The molecule has 1 fully saturated rings. The van der Waals surface area contributed by atoms with E-state index in [1.165, 1.54) is 12.5 Å². The van der Waals surface area contributed by atoms with E-state index in [9.17, 15) is 9.90 Å². The number of anilines is 2. The molecule has 0 radical (unpaired) electrons. The van der Waals surface area contributed by atoms with Crippen LogP contribution in [0, 0.1) is 16.7 Å². The SMILES string of the molecule is CC1=CC(=N)C(=N)C=C1.Nc1ccc(NC(=O)C2CCCCC2)cc1O. The van der Waals surface area contributed by atoms with Crippen LogP contribution in [-0.2, 0) is 4.79 Å². The summed E-state index contributed by atoms with van der Waals surface area (Å²) in [5.41, 5.74) is 8.05. The first-order chi connectivity index (χ1) is 12.4. The lowest BCUT2D eigenvalue weighted by Gasteiger charge is -2.20. The summed E-state index contributed by atoms with van der Waals surface area (Å²) < 4.78 is 0. The number of phenols is 1. The maximum Gasteiger partial charge on any atom is 0.227 e. The number of carbonyl (C=O) groups is 1. The van der Waals surface area contributed by atoms with Gasteiger partial charge >= 0.3 is 0 Å². The van der Waals surface area contributed by atoms with Crippen LogP contribution in [-0.4, -0.2) is 22.4 Å². The topological polar surface area (TPSA) is 123 Å². The summed E-state index contributed by atoms with van der Waals surface area (Å²) >= 11 is 0. The zero-order valence-corrected chi connectivity index (χ0v) is 15.0. The minimum absolute atomic E-state index is 0.00597. The van der Waals surface area contributed by atoms with Crippen LogP contribution in [0.15, 0.2) is 42.0 Å². The third-order valence-corrected chi connectivity index (χ3v) is 4.45. The molecule has 1 aromatic rings. The van der Waals surface area contributed by atoms with Crippen LogP contribution in [0.4, 0.5) is 11.4 Å². The van der Waals surface area contributed by atoms with Gasteiger partial charge in [-0.1, -0.05) is 25.3 Å². The van der Waals surface area contributed by atoms with Crippen LogP contribution in [0.25, 0.3) is 0 Å². The first-order valence-corrected chi connectivity index (χ1v) is 8.80. The van der Waals surface area contributed by atoms with E-state index in [0.29, 0.717) is 22.8 Å². The van der Waals surface area contributed by atoms with Gasteiger partial charge in [0.1, 0.15) is 5.75 Å². The van der Waals surface area contributed by atoms with Crippen LogP contribution >= 0.6 is 0 Å². The molecular weight excluding hydrogens is 328 g/mol. The Labute approximate surface area is 153 Å². The van der Waals surface area contributed by atoms with Crippen molar-refractivity contribution in [3.8, 4) is 5.75 Å². The van der Waals surface area contributed by atoms with Crippen molar-refractivity contribution in [3.05, 3.63) is 42.0 Å². The average Bonchev–Trinajstić information content (AvgIpc) is 2.63. The predicted molar refractivity (Wildman–Crippen MR) is 106 cm³/mol. The van der Waals surface area contributed by atoms with Crippen molar-refractivity contribution in [1.82, 2.24) is 0 Å². The molecule has 0 heterocycles. The van der Waals surface area contributed by atoms with Gasteiger partial charge in [0, 0.05) is 17.7 Å². The summed E-state index contributed by atoms with van der Waals surface area (Å²) in [7, 11) is 0. The van der Waals surface area contributed by atoms with Gasteiger partial charge < -0.3 is 16.2 Å². The molecule has 6 heteroatoms. The number of carbonyl (C=O) groups excluding carboxylic acids is 1. The first-order valence-electron chi connectivity index (χ1n) is 8.80. The maximum absolute atomic E-state index is 11.9. The number of amides is 1. The van der Waals surface area contributed by atoms with E-state index in [1.807, 2.05) is 13.0 Å². The Balaban J connectivity index is 0.000000228. The molecule has 0 aromatic heterocycles. The molecule has 2 aliphatic rings. The maximum atomic E-state index is 11.9. The fraction of sp³-hybridized carbons (Fsp3) is 0.350. The largest absolute Gasteiger partial charge is 0.506 e. The Morgan fingerprint density at radius 2 is 1.85 bits per heavy atom. The van der Waals surface area contributed by atoms with Gasteiger partial charge in [-0.15, -0.1) is 0 Å². The Morgan fingerprint density at radius 1 is 1.15 bits per heavy atom. The van der Waals surface area contributed by atoms with Gasteiger partial charge in [-0.3, -0.25) is 15.6 Å². The molecule has 0 saturated heterocycles. The Kier molecular flexibility index (Phi) is 6.72. The molecule has 0 unspecified atom stereocenters. The van der Waals surface area contributed by atoms with Crippen molar-refractivity contribution in [2.45, 2.75) is 39.0 Å². The Bertz CT molecular complexity index is 759. The lowest BCUT2D eigenvalue weighted by Crippen LogP contribution is -2.24. The highest BCUT2D eigenvalue weighted by atomic mass is 16.3. The van der Waals surface area contributed by atoms with Gasteiger partial charge in [-0.25, -0.2) is 0 Å². The van der Waals surface area contributed by atoms with Crippen molar-refractivity contribution >= 4 is 28.7 Å². The molecule has 1 saturated carbocycles. The molecule has 0 spiro atoms. The lowest BCUT2D eigenvalue weighted by atomic mass is 9.88. The van der Waals surface area contributed by atoms with Crippen molar-refractivity contribution in [2.75, 3.05) is 11.1 Å². The number of nitrogens with two attached hydrogens (primary N) is 1. The van der Waals surface area contributed by atoms with Crippen LogP contribution < -0.4 is 11.1 Å². The zero-order valence-electron chi connectivity index (χ0n) is 15.0. The summed E-state index contributed by atoms with van der Waals surface area (Å²) in [5, 5.41) is 26.6. The van der Waals surface area contributed by atoms with Crippen LogP contribution in [0.2, 0.25) is 0 Å². The number of allylic oxidation sites excluding steroid dienone is 4. The molecule has 3 rings (SSSR count). The highest BCUT2D eigenvalue weighted by Gasteiger charge is 2.21. The minimum Gasteiger partial charge on any atom is -0.506 e. The lowest BCUT2D eigenvalue weighted by molar-refractivity contribution is -0.120. The second-order valence-electron chi connectivity index (χ2n) is 6.65. The zero-order chi connectivity index (χ0) is 19.1. The molecule has 138 valence electrons. The molecular formula is C20H26N4O2. The molecule has 6 N–H and O–H groups in total. The minimum atomic E-state index is 0.00597. The molecule has 1 aromatic carbocycles. The van der Waals surface area contributed by atoms with Gasteiger partial charge in [0.2, 0.25) is 5.91 Å². The number of phenolic OH excluding ortho intramolecular Hbond substituents is 1. The van der Waals surface area contributed by atoms with Crippen molar-refractivity contribution in [2.24, 2.45) is 5.92 Å². The van der Waals surface area contributed by atoms with E-state index in [0.717, 1.165) is 31.3 Å². The van der Waals surface area contributed by atoms with Crippen LogP contribution in [0.3, 0.4) is 0 Å².